The average molecular weight is 533 g/mol. The van der Waals surface area contributed by atoms with Gasteiger partial charge < -0.3 is 14.5 Å². The first-order valence-electron chi connectivity index (χ1n) is 8.80. The highest BCUT2D eigenvalue weighted by molar-refractivity contribution is 14.1. The summed E-state index contributed by atoms with van der Waals surface area (Å²) in [7, 11) is 0. The van der Waals surface area contributed by atoms with Crippen LogP contribution >= 0.6 is 34.4 Å². The normalized spacial score (nSPS) is 10.3. The zero-order chi connectivity index (χ0) is 21.7. The van der Waals surface area contributed by atoms with E-state index in [1.165, 1.54) is 11.8 Å². The van der Waals surface area contributed by atoms with Crippen LogP contribution in [0.3, 0.4) is 0 Å². The quantitative estimate of drug-likeness (QED) is 0.166. The van der Waals surface area contributed by atoms with Gasteiger partial charge in [-0.2, -0.15) is 5.26 Å². The van der Waals surface area contributed by atoms with Crippen molar-refractivity contribution in [3.63, 3.8) is 0 Å². The molecule has 0 radical (unpaired) electrons. The zero-order valence-corrected chi connectivity index (χ0v) is 19.0. The van der Waals surface area contributed by atoms with Crippen molar-refractivity contribution >= 4 is 40.3 Å². The Balaban J connectivity index is 2.11. The van der Waals surface area contributed by atoms with Gasteiger partial charge in [-0.3, -0.25) is 4.79 Å². The standard InChI is InChI=1S/C21H16IN3O4S/c1-3-28-16-10-13(17-14(11-23)19(26)25-21(24-17)30-2)9-15(22)18(16)29-20(27)12-7-5-4-6-8-12/h4-10H,3H2,1-2H3,(H,24,25,26). The topological polar surface area (TPSA) is 105 Å². The molecule has 2 aromatic carbocycles. The Bertz CT molecular complexity index is 1190. The lowest BCUT2D eigenvalue weighted by atomic mass is 10.1. The molecule has 152 valence electrons. The number of ether oxygens (including phenoxy) is 2. The molecule has 30 heavy (non-hydrogen) atoms. The average Bonchev–Trinajstić information content (AvgIpc) is 2.75. The number of halogens is 1. The number of benzene rings is 2. The Morgan fingerprint density at radius 3 is 2.67 bits per heavy atom. The molecule has 0 aliphatic rings. The van der Waals surface area contributed by atoms with Crippen molar-refractivity contribution in [3.05, 3.63) is 67.5 Å². The lowest BCUT2D eigenvalue weighted by Gasteiger charge is -2.15. The van der Waals surface area contributed by atoms with Crippen LogP contribution in [0.5, 0.6) is 11.5 Å². The van der Waals surface area contributed by atoms with Gasteiger partial charge in [-0.25, -0.2) is 9.78 Å². The lowest BCUT2D eigenvalue weighted by molar-refractivity contribution is 0.0727. The van der Waals surface area contributed by atoms with Gasteiger partial charge in [0.15, 0.2) is 16.7 Å². The van der Waals surface area contributed by atoms with E-state index in [0.717, 1.165) is 0 Å². The first kappa shape index (κ1) is 21.9. The van der Waals surface area contributed by atoms with Crippen LogP contribution in [0.4, 0.5) is 0 Å². The molecule has 0 atom stereocenters. The molecule has 3 aromatic rings. The molecule has 3 rings (SSSR count). The van der Waals surface area contributed by atoms with E-state index in [9.17, 15) is 14.9 Å². The fraction of sp³-hybridized carbons (Fsp3) is 0.143. The number of nitrogens with one attached hydrogen (secondary N) is 1. The summed E-state index contributed by atoms with van der Waals surface area (Å²) in [6, 6.07) is 13.9. The van der Waals surface area contributed by atoms with E-state index < -0.39 is 11.5 Å². The molecule has 0 amide bonds. The van der Waals surface area contributed by atoms with Crippen LogP contribution in [-0.4, -0.2) is 28.8 Å². The Morgan fingerprint density at radius 2 is 2.03 bits per heavy atom. The van der Waals surface area contributed by atoms with Crippen LogP contribution in [-0.2, 0) is 0 Å². The van der Waals surface area contributed by atoms with Gasteiger partial charge in [0.05, 0.1) is 21.4 Å². The summed E-state index contributed by atoms with van der Waals surface area (Å²) < 4.78 is 11.9. The van der Waals surface area contributed by atoms with Crippen LogP contribution in [0.2, 0.25) is 0 Å². The van der Waals surface area contributed by atoms with Gasteiger partial charge in [0.2, 0.25) is 0 Å². The van der Waals surface area contributed by atoms with Gasteiger partial charge in [-0.05, 0) is 60.0 Å². The SMILES string of the molecule is CCOc1cc(-c2nc(SC)[nH]c(=O)c2C#N)cc(I)c1OC(=O)c1ccccc1. The van der Waals surface area contributed by atoms with Gasteiger partial charge in [0.25, 0.3) is 5.56 Å². The Morgan fingerprint density at radius 1 is 1.30 bits per heavy atom. The highest BCUT2D eigenvalue weighted by Crippen LogP contribution is 2.38. The number of aromatic nitrogens is 2. The number of nitriles is 1. The van der Waals surface area contributed by atoms with Crippen LogP contribution in [0.25, 0.3) is 11.3 Å². The Labute approximate surface area is 190 Å². The number of rotatable bonds is 6. The molecule has 0 saturated carbocycles. The number of carbonyl (C=O) groups excluding carboxylic acids is 1. The molecule has 1 N–H and O–H groups in total. The summed E-state index contributed by atoms with van der Waals surface area (Å²) in [5.41, 5.74) is 0.553. The van der Waals surface area contributed by atoms with Crippen molar-refractivity contribution in [2.45, 2.75) is 12.1 Å². The first-order chi connectivity index (χ1) is 14.5. The molecule has 0 spiro atoms. The van der Waals surface area contributed by atoms with Gasteiger partial charge in [-0.1, -0.05) is 30.0 Å². The lowest BCUT2D eigenvalue weighted by Crippen LogP contribution is -2.15. The van der Waals surface area contributed by atoms with Gasteiger partial charge in [0.1, 0.15) is 11.6 Å². The molecular formula is C21H16IN3O4S. The van der Waals surface area contributed by atoms with E-state index >= 15 is 0 Å². The molecular weight excluding hydrogens is 517 g/mol. The molecule has 0 saturated heterocycles. The van der Waals surface area contributed by atoms with Crippen LogP contribution in [0.15, 0.2) is 52.4 Å². The zero-order valence-electron chi connectivity index (χ0n) is 16.1. The maximum Gasteiger partial charge on any atom is 0.343 e. The van der Waals surface area contributed by atoms with Crippen molar-refractivity contribution in [3.8, 4) is 28.8 Å². The maximum atomic E-state index is 12.5. The number of nitrogens with zero attached hydrogens (tertiary/aromatic N) is 2. The smallest absolute Gasteiger partial charge is 0.343 e. The summed E-state index contributed by atoms with van der Waals surface area (Å²) in [5, 5.41) is 9.84. The first-order valence-corrected chi connectivity index (χ1v) is 11.1. The van der Waals surface area contributed by atoms with E-state index in [4.69, 9.17) is 9.47 Å². The molecule has 0 unspecified atom stereocenters. The molecule has 1 heterocycles. The van der Waals surface area contributed by atoms with Crippen LogP contribution in [0, 0.1) is 14.9 Å². The minimum atomic E-state index is -0.515. The fourth-order valence-corrected chi connectivity index (χ4v) is 3.74. The molecule has 0 fully saturated rings. The Kier molecular flexibility index (Phi) is 7.12. The van der Waals surface area contributed by atoms with Gasteiger partial charge in [0, 0.05) is 5.56 Å². The van der Waals surface area contributed by atoms with E-state index in [0.29, 0.717) is 32.2 Å². The van der Waals surface area contributed by atoms with Crippen molar-refractivity contribution in [1.29, 1.82) is 5.26 Å². The predicted molar refractivity (Wildman–Crippen MR) is 122 cm³/mol. The summed E-state index contributed by atoms with van der Waals surface area (Å²) in [6.07, 6.45) is 1.77. The number of esters is 1. The third kappa shape index (κ3) is 4.66. The highest BCUT2D eigenvalue weighted by Gasteiger charge is 2.21. The number of hydrogen-bond donors (Lipinski definition) is 1. The minimum absolute atomic E-state index is 0.0971. The van der Waals surface area contributed by atoms with Crippen LogP contribution in [0.1, 0.15) is 22.8 Å². The summed E-state index contributed by atoms with van der Waals surface area (Å²) in [4.78, 5) is 31.7. The van der Waals surface area contributed by atoms with Gasteiger partial charge >= 0.3 is 5.97 Å². The number of thioether (sulfide) groups is 1. The predicted octanol–water partition coefficient (Wildman–Crippen LogP) is 4.25. The second-order valence-corrected chi connectivity index (χ2v) is 7.84. The van der Waals surface area contributed by atoms with Crippen molar-refractivity contribution in [2.24, 2.45) is 0 Å². The van der Waals surface area contributed by atoms with Crippen molar-refractivity contribution in [1.82, 2.24) is 9.97 Å². The largest absolute Gasteiger partial charge is 0.490 e. The summed E-state index contributed by atoms with van der Waals surface area (Å²) in [5.74, 6) is 0.0720. The van der Waals surface area contributed by atoms with E-state index in [1.807, 2.05) is 34.7 Å². The molecule has 0 bridgehead atoms. The number of aromatic amines is 1. The molecule has 9 heteroatoms. The number of H-pyrrole nitrogens is 1. The molecule has 0 aliphatic heterocycles. The fourth-order valence-electron chi connectivity index (χ4n) is 2.65. The third-order valence-corrected chi connectivity index (χ3v) is 5.37. The summed E-state index contributed by atoms with van der Waals surface area (Å²) >= 11 is 3.28. The second-order valence-electron chi connectivity index (χ2n) is 5.88. The number of carbonyl (C=O) groups is 1. The number of hydrogen-bond acceptors (Lipinski definition) is 7. The molecule has 7 nitrogen and oxygen atoms in total. The molecule has 0 aliphatic carbocycles. The summed E-state index contributed by atoms with van der Waals surface area (Å²) in [6.45, 7) is 2.14. The third-order valence-electron chi connectivity index (χ3n) is 3.99. The highest BCUT2D eigenvalue weighted by atomic mass is 127. The Hall–Kier alpha value is -2.84. The van der Waals surface area contributed by atoms with Crippen LogP contribution < -0.4 is 15.0 Å². The van der Waals surface area contributed by atoms with E-state index in [2.05, 4.69) is 9.97 Å². The van der Waals surface area contributed by atoms with Crippen molar-refractivity contribution < 1.29 is 14.3 Å². The van der Waals surface area contributed by atoms with Crippen molar-refractivity contribution in [2.75, 3.05) is 12.9 Å². The second kappa shape index (κ2) is 9.77. The minimum Gasteiger partial charge on any atom is -0.490 e. The van der Waals surface area contributed by atoms with E-state index in [1.54, 1.807) is 49.6 Å². The molecule has 1 aromatic heterocycles. The van der Waals surface area contributed by atoms with Gasteiger partial charge in [-0.15, -0.1) is 0 Å². The maximum absolute atomic E-state index is 12.5. The monoisotopic (exact) mass is 533 g/mol. The van der Waals surface area contributed by atoms with E-state index in [-0.39, 0.29) is 17.0 Å².